The lowest BCUT2D eigenvalue weighted by Gasteiger charge is -2.38. The van der Waals surface area contributed by atoms with Gasteiger partial charge < -0.3 is 29.9 Å². The van der Waals surface area contributed by atoms with Crippen molar-refractivity contribution in [1.82, 2.24) is 0 Å². The molecular weight excluding hydrogens is 444 g/mol. The van der Waals surface area contributed by atoms with E-state index in [1.165, 1.54) is 0 Å². The molecule has 8 nitrogen and oxygen atoms in total. The van der Waals surface area contributed by atoms with Gasteiger partial charge in [0.25, 0.3) is 0 Å². The maximum Gasteiger partial charge on any atom is 0.338 e. The lowest BCUT2D eigenvalue weighted by atomic mass is 10.1. The molecule has 0 saturated carbocycles. The molecule has 0 spiro atoms. The van der Waals surface area contributed by atoms with Gasteiger partial charge >= 0.3 is 12.0 Å². The zero-order valence-corrected chi connectivity index (χ0v) is 20.0. The first-order valence-electron chi connectivity index (χ1n) is 11.7. The van der Waals surface area contributed by atoms with Gasteiger partial charge in [0, 0.05) is 31.9 Å². The van der Waals surface area contributed by atoms with E-state index in [4.69, 9.17) is 9.47 Å². The average Bonchev–Trinajstić information content (AvgIpc) is 2.89. The van der Waals surface area contributed by atoms with Gasteiger partial charge in [-0.1, -0.05) is 30.3 Å². The SMILES string of the molecule is CCOC(=O)c1ccc(N2CCN(c3ccccc3OC)CC2)c(NC(=O)Nc2ccccc2)c1. The highest BCUT2D eigenvalue weighted by Gasteiger charge is 2.23. The molecule has 0 atom stereocenters. The fourth-order valence-electron chi connectivity index (χ4n) is 4.14. The number of nitrogens with zero attached hydrogens (tertiary/aromatic N) is 2. The molecule has 1 saturated heterocycles. The third kappa shape index (κ3) is 5.84. The van der Waals surface area contributed by atoms with Crippen LogP contribution in [0.25, 0.3) is 0 Å². The number of ether oxygens (including phenoxy) is 2. The maximum atomic E-state index is 12.8. The summed E-state index contributed by atoms with van der Waals surface area (Å²) in [6.07, 6.45) is 0. The number of nitrogens with one attached hydrogen (secondary N) is 2. The summed E-state index contributed by atoms with van der Waals surface area (Å²) < 4.78 is 10.7. The Bertz CT molecular complexity index is 1160. The lowest BCUT2D eigenvalue weighted by Crippen LogP contribution is -2.47. The summed E-state index contributed by atoms with van der Waals surface area (Å²) in [6, 6.07) is 22.1. The van der Waals surface area contributed by atoms with E-state index in [1.54, 1.807) is 26.2 Å². The molecular formula is C27H30N4O4. The Morgan fingerprint density at radius 3 is 2.17 bits per heavy atom. The van der Waals surface area contributed by atoms with E-state index in [9.17, 15) is 9.59 Å². The fraction of sp³-hybridized carbons (Fsp3) is 0.259. The number of hydrogen-bond acceptors (Lipinski definition) is 6. The molecule has 1 aliphatic heterocycles. The van der Waals surface area contributed by atoms with E-state index in [1.807, 2.05) is 54.6 Å². The number of amides is 2. The third-order valence-electron chi connectivity index (χ3n) is 5.83. The Balaban J connectivity index is 1.53. The van der Waals surface area contributed by atoms with Crippen LogP contribution in [0.1, 0.15) is 17.3 Å². The summed E-state index contributed by atoms with van der Waals surface area (Å²) >= 11 is 0. The molecule has 2 N–H and O–H groups in total. The van der Waals surface area contributed by atoms with Gasteiger partial charge in [-0.3, -0.25) is 0 Å². The Hall–Kier alpha value is -4.20. The van der Waals surface area contributed by atoms with Crippen LogP contribution in [0.2, 0.25) is 0 Å². The van der Waals surface area contributed by atoms with Crippen LogP contribution in [0.15, 0.2) is 72.8 Å². The summed E-state index contributed by atoms with van der Waals surface area (Å²) in [4.78, 5) is 29.6. The molecule has 2 amide bonds. The second kappa shape index (κ2) is 11.3. The molecule has 4 rings (SSSR count). The summed E-state index contributed by atoms with van der Waals surface area (Å²) in [6.45, 7) is 5.10. The van der Waals surface area contributed by atoms with Gasteiger partial charge in [-0.05, 0) is 49.4 Å². The van der Waals surface area contributed by atoms with Crippen molar-refractivity contribution < 1.29 is 19.1 Å². The van der Waals surface area contributed by atoms with Crippen LogP contribution in [0.3, 0.4) is 0 Å². The van der Waals surface area contributed by atoms with Gasteiger partial charge in [0.05, 0.1) is 36.3 Å². The summed E-state index contributed by atoms with van der Waals surface area (Å²) in [7, 11) is 1.68. The highest BCUT2D eigenvalue weighted by Crippen LogP contribution is 2.32. The number of carbonyl (C=O) groups excluding carboxylic acids is 2. The number of anilines is 4. The molecule has 1 aliphatic rings. The molecule has 0 unspecified atom stereocenters. The number of para-hydroxylation sites is 3. The summed E-state index contributed by atoms with van der Waals surface area (Å²) in [5, 5.41) is 5.75. The number of piperazine rings is 1. The van der Waals surface area contributed by atoms with Crippen molar-refractivity contribution in [2.75, 3.05) is 60.3 Å². The van der Waals surface area contributed by atoms with Crippen LogP contribution in [-0.2, 0) is 4.74 Å². The van der Waals surface area contributed by atoms with Gasteiger partial charge in [0.1, 0.15) is 5.75 Å². The van der Waals surface area contributed by atoms with E-state index < -0.39 is 5.97 Å². The Morgan fingerprint density at radius 1 is 0.829 bits per heavy atom. The predicted molar refractivity (Wildman–Crippen MR) is 139 cm³/mol. The highest BCUT2D eigenvalue weighted by atomic mass is 16.5. The number of carbonyl (C=O) groups is 2. The molecule has 0 aromatic heterocycles. The molecule has 1 fully saturated rings. The van der Waals surface area contributed by atoms with Crippen molar-refractivity contribution in [3.8, 4) is 5.75 Å². The van der Waals surface area contributed by atoms with Gasteiger partial charge in [0.2, 0.25) is 0 Å². The standard InChI is InChI=1S/C27H30N4O4/c1-3-35-26(32)20-13-14-23(22(19-20)29-27(33)28-21-9-5-4-6-10-21)30-15-17-31(18-16-30)24-11-7-8-12-25(24)34-2/h4-14,19H,3,15-18H2,1-2H3,(H2,28,29,33). The second-order valence-electron chi connectivity index (χ2n) is 8.04. The zero-order chi connectivity index (χ0) is 24.6. The van der Waals surface area contributed by atoms with Crippen LogP contribution in [-0.4, -0.2) is 51.9 Å². The number of benzene rings is 3. The van der Waals surface area contributed by atoms with Crippen LogP contribution < -0.4 is 25.2 Å². The molecule has 0 aliphatic carbocycles. The molecule has 0 radical (unpaired) electrons. The summed E-state index contributed by atoms with van der Waals surface area (Å²) in [5.41, 5.74) is 3.53. The fourth-order valence-corrected chi connectivity index (χ4v) is 4.14. The van der Waals surface area contributed by atoms with Crippen molar-refractivity contribution in [2.45, 2.75) is 6.92 Å². The van der Waals surface area contributed by atoms with Crippen LogP contribution in [0.5, 0.6) is 5.75 Å². The minimum absolute atomic E-state index is 0.281. The van der Waals surface area contributed by atoms with Crippen molar-refractivity contribution in [3.05, 3.63) is 78.4 Å². The predicted octanol–water partition coefficient (Wildman–Crippen LogP) is 4.84. The van der Waals surface area contributed by atoms with Gasteiger partial charge in [0.15, 0.2) is 0 Å². The molecule has 3 aromatic carbocycles. The van der Waals surface area contributed by atoms with Crippen molar-refractivity contribution >= 4 is 34.7 Å². The first kappa shape index (κ1) is 23.9. The molecule has 35 heavy (non-hydrogen) atoms. The second-order valence-corrected chi connectivity index (χ2v) is 8.04. The van der Waals surface area contributed by atoms with Crippen LogP contribution in [0, 0.1) is 0 Å². The minimum Gasteiger partial charge on any atom is -0.495 e. The van der Waals surface area contributed by atoms with Crippen LogP contribution in [0.4, 0.5) is 27.5 Å². The molecule has 8 heteroatoms. The number of urea groups is 1. The highest BCUT2D eigenvalue weighted by molar-refractivity contribution is 6.03. The first-order valence-corrected chi connectivity index (χ1v) is 11.7. The van der Waals surface area contributed by atoms with E-state index in [0.717, 1.165) is 43.3 Å². The van der Waals surface area contributed by atoms with Crippen molar-refractivity contribution in [3.63, 3.8) is 0 Å². The number of rotatable bonds is 7. The minimum atomic E-state index is -0.424. The van der Waals surface area contributed by atoms with Gasteiger partial charge in [-0.2, -0.15) is 0 Å². The van der Waals surface area contributed by atoms with Gasteiger partial charge in [-0.25, -0.2) is 9.59 Å². The zero-order valence-electron chi connectivity index (χ0n) is 20.0. The molecule has 3 aromatic rings. The Morgan fingerprint density at radius 2 is 1.49 bits per heavy atom. The first-order chi connectivity index (χ1) is 17.1. The van der Waals surface area contributed by atoms with Crippen molar-refractivity contribution in [1.29, 1.82) is 0 Å². The third-order valence-corrected chi connectivity index (χ3v) is 5.83. The molecule has 182 valence electrons. The maximum absolute atomic E-state index is 12.8. The summed E-state index contributed by atoms with van der Waals surface area (Å²) in [5.74, 6) is 0.422. The van der Waals surface area contributed by atoms with E-state index in [2.05, 4.69) is 26.5 Å². The number of methoxy groups -OCH3 is 1. The smallest absolute Gasteiger partial charge is 0.338 e. The molecule has 0 bridgehead atoms. The Labute approximate surface area is 205 Å². The Kier molecular flexibility index (Phi) is 7.72. The largest absolute Gasteiger partial charge is 0.495 e. The monoisotopic (exact) mass is 474 g/mol. The van der Waals surface area contributed by atoms with Crippen LogP contribution >= 0.6 is 0 Å². The number of hydrogen-bond donors (Lipinski definition) is 2. The van der Waals surface area contributed by atoms with E-state index >= 15 is 0 Å². The van der Waals surface area contributed by atoms with Gasteiger partial charge in [-0.15, -0.1) is 0 Å². The lowest BCUT2D eigenvalue weighted by molar-refractivity contribution is 0.0526. The van der Waals surface area contributed by atoms with E-state index in [0.29, 0.717) is 16.9 Å². The topological polar surface area (TPSA) is 83.1 Å². The molecule has 1 heterocycles. The van der Waals surface area contributed by atoms with Crippen molar-refractivity contribution in [2.24, 2.45) is 0 Å². The quantitative estimate of drug-likeness (QED) is 0.477. The van der Waals surface area contributed by atoms with E-state index in [-0.39, 0.29) is 12.6 Å². The number of esters is 1. The average molecular weight is 475 g/mol. The normalized spacial score (nSPS) is 13.2.